The van der Waals surface area contributed by atoms with Crippen molar-refractivity contribution >= 4 is 16.1 Å². The van der Waals surface area contributed by atoms with Gasteiger partial charge < -0.3 is 10.2 Å². The van der Waals surface area contributed by atoms with Gasteiger partial charge in [-0.15, -0.1) is 0 Å². The Balaban J connectivity index is 2.02. The fourth-order valence-corrected chi connectivity index (χ4v) is 5.38. The van der Waals surface area contributed by atoms with Crippen LogP contribution in [0.2, 0.25) is 0 Å². The van der Waals surface area contributed by atoms with Crippen LogP contribution in [0.1, 0.15) is 26.7 Å². The summed E-state index contributed by atoms with van der Waals surface area (Å²) in [7, 11) is -1.73. The molecule has 1 aliphatic carbocycles. The first-order valence-electron chi connectivity index (χ1n) is 8.25. The molecule has 0 spiro atoms. The van der Waals surface area contributed by atoms with Crippen molar-refractivity contribution in [1.82, 2.24) is 14.5 Å². The number of carbonyl (C=O) groups excluding carboxylic acids is 1. The molecule has 6 nitrogen and oxygen atoms in total. The van der Waals surface area contributed by atoms with Gasteiger partial charge in [-0.3, -0.25) is 0 Å². The number of nitrogens with one attached hydrogen (secondary N) is 1. The van der Waals surface area contributed by atoms with E-state index in [-0.39, 0.29) is 5.41 Å². The standard InChI is InChI=1S/C15H26F3N3O3S/c1-14(2)5-10(6-14)7-19-13(22)21-8-11(15(16,17)18)12(9-21)25(23,24)20(3)4/h10-12H,5-9H2,1-4H3,(H,19,22)/t11-,12-/m1/s1. The molecule has 10 heteroatoms. The van der Waals surface area contributed by atoms with Crippen molar-refractivity contribution in [2.24, 2.45) is 17.3 Å². The third kappa shape index (κ3) is 4.39. The van der Waals surface area contributed by atoms with E-state index < -0.39 is 46.5 Å². The summed E-state index contributed by atoms with van der Waals surface area (Å²) in [5.74, 6) is -1.76. The minimum Gasteiger partial charge on any atom is -0.338 e. The number of hydrogen-bond donors (Lipinski definition) is 1. The van der Waals surface area contributed by atoms with E-state index >= 15 is 0 Å². The van der Waals surface area contributed by atoms with Crippen LogP contribution in [0.25, 0.3) is 0 Å². The van der Waals surface area contributed by atoms with E-state index in [1.807, 2.05) is 0 Å². The van der Waals surface area contributed by atoms with E-state index in [1.165, 1.54) is 14.1 Å². The quantitative estimate of drug-likeness (QED) is 0.803. The SMILES string of the molecule is CN(C)S(=O)(=O)[C@@H]1CN(C(=O)NCC2CC(C)(C)C2)C[C@H]1C(F)(F)F. The molecule has 1 saturated carbocycles. The number of carbonyl (C=O) groups is 1. The van der Waals surface area contributed by atoms with Crippen molar-refractivity contribution in [1.29, 1.82) is 0 Å². The largest absolute Gasteiger partial charge is 0.394 e. The molecule has 0 aromatic carbocycles. The number of amides is 2. The number of alkyl halides is 3. The summed E-state index contributed by atoms with van der Waals surface area (Å²) >= 11 is 0. The summed E-state index contributed by atoms with van der Waals surface area (Å²) in [4.78, 5) is 13.2. The Morgan fingerprint density at radius 3 is 2.24 bits per heavy atom. The lowest BCUT2D eigenvalue weighted by Gasteiger charge is -2.42. The molecular weight excluding hydrogens is 359 g/mol. The lowest BCUT2D eigenvalue weighted by atomic mass is 9.64. The van der Waals surface area contributed by atoms with Crippen LogP contribution in [0.3, 0.4) is 0 Å². The van der Waals surface area contributed by atoms with Crippen molar-refractivity contribution in [3.8, 4) is 0 Å². The van der Waals surface area contributed by atoms with E-state index in [2.05, 4.69) is 19.2 Å². The summed E-state index contributed by atoms with van der Waals surface area (Å²) < 4.78 is 65.0. The smallest absolute Gasteiger partial charge is 0.338 e. The fourth-order valence-electron chi connectivity index (χ4n) is 3.82. The Morgan fingerprint density at radius 1 is 1.24 bits per heavy atom. The Labute approximate surface area is 146 Å². The molecule has 0 radical (unpaired) electrons. The van der Waals surface area contributed by atoms with E-state index in [0.29, 0.717) is 12.5 Å². The van der Waals surface area contributed by atoms with Gasteiger partial charge in [-0.25, -0.2) is 17.5 Å². The van der Waals surface area contributed by atoms with Crippen LogP contribution < -0.4 is 5.32 Å². The van der Waals surface area contributed by atoms with Crippen molar-refractivity contribution < 1.29 is 26.4 Å². The number of rotatable bonds is 4. The van der Waals surface area contributed by atoms with E-state index in [4.69, 9.17) is 0 Å². The van der Waals surface area contributed by atoms with Gasteiger partial charge in [0, 0.05) is 33.7 Å². The van der Waals surface area contributed by atoms with Crippen molar-refractivity contribution in [3.05, 3.63) is 0 Å². The molecule has 2 rings (SSSR count). The Morgan fingerprint density at radius 2 is 1.80 bits per heavy atom. The average Bonchev–Trinajstić information content (AvgIpc) is 2.88. The zero-order valence-electron chi connectivity index (χ0n) is 14.9. The van der Waals surface area contributed by atoms with E-state index in [1.54, 1.807) is 0 Å². The number of nitrogens with zero attached hydrogens (tertiary/aromatic N) is 2. The molecule has 25 heavy (non-hydrogen) atoms. The second-order valence-corrected chi connectivity index (χ2v) is 10.4. The molecule has 2 atom stereocenters. The molecular formula is C15H26F3N3O3S. The summed E-state index contributed by atoms with van der Waals surface area (Å²) in [5.41, 5.74) is 0.245. The molecule has 2 amide bonds. The second kappa shape index (κ2) is 6.61. The average molecular weight is 385 g/mol. The second-order valence-electron chi connectivity index (χ2n) is 8.04. The maximum atomic E-state index is 13.3. The van der Waals surface area contributed by atoms with Gasteiger partial charge in [0.05, 0.1) is 5.92 Å². The number of sulfonamides is 1. The maximum Gasteiger partial charge on any atom is 0.394 e. The third-order valence-electron chi connectivity index (χ3n) is 5.09. The maximum absolute atomic E-state index is 13.3. The number of hydrogen-bond acceptors (Lipinski definition) is 3. The van der Waals surface area contributed by atoms with Gasteiger partial charge in [-0.2, -0.15) is 13.2 Å². The highest BCUT2D eigenvalue weighted by Crippen LogP contribution is 2.44. The summed E-state index contributed by atoms with van der Waals surface area (Å²) in [6.07, 6.45) is -2.77. The van der Waals surface area contributed by atoms with Gasteiger partial charge in [0.15, 0.2) is 0 Å². The van der Waals surface area contributed by atoms with Crippen LogP contribution in [0.5, 0.6) is 0 Å². The first kappa shape index (κ1) is 20.3. The van der Waals surface area contributed by atoms with Gasteiger partial charge in [-0.1, -0.05) is 13.8 Å². The summed E-state index contributed by atoms with van der Waals surface area (Å²) in [6, 6.07) is -0.629. The van der Waals surface area contributed by atoms with Gasteiger partial charge in [0.25, 0.3) is 0 Å². The van der Waals surface area contributed by atoms with Crippen LogP contribution in [0, 0.1) is 17.3 Å². The Bertz CT molecular complexity index is 611. The van der Waals surface area contributed by atoms with Gasteiger partial charge in [-0.05, 0) is 24.2 Å². The summed E-state index contributed by atoms with van der Waals surface area (Å²) in [5, 5.41) is 0.978. The van der Waals surface area contributed by atoms with Crippen molar-refractivity contribution in [3.63, 3.8) is 0 Å². The highest BCUT2D eigenvalue weighted by molar-refractivity contribution is 7.89. The van der Waals surface area contributed by atoms with E-state index in [0.717, 1.165) is 22.0 Å². The van der Waals surface area contributed by atoms with Gasteiger partial charge >= 0.3 is 12.2 Å². The Kier molecular flexibility index (Phi) is 5.36. The number of urea groups is 1. The zero-order valence-corrected chi connectivity index (χ0v) is 15.7. The molecule has 1 N–H and O–H groups in total. The number of likely N-dealkylation sites (tertiary alicyclic amines) is 1. The van der Waals surface area contributed by atoms with Crippen LogP contribution >= 0.6 is 0 Å². The fraction of sp³-hybridized carbons (Fsp3) is 0.933. The van der Waals surface area contributed by atoms with Crippen LogP contribution in [-0.2, 0) is 10.0 Å². The first-order chi connectivity index (χ1) is 11.2. The van der Waals surface area contributed by atoms with Gasteiger partial charge in [0.1, 0.15) is 5.25 Å². The van der Waals surface area contributed by atoms with Gasteiger partial charge in [0.2, 0.25) is 10.0 Å². The zero-order chi connectivity index (χ0) is 19.2. The molecule has 0 bridgehead atoms. The number of halogens is 3. The molecule has 2 aliphatic rings. The van der Waals surface area contributed by atoms with E-state index in [9.17, 15) is 26.4 Å². The van der Waals surface area contributed by atoms with Crippen LogP contribution in [0.4, 0.5) is 18.0 Å². The topological polar surface area (TPSA) is 69.7 Å². The monoisotopic (exact) mass is 385 g/mol. The molecule has 146 valence electrons. The third-order valence-corrected chi connectivity index (χ3v) is 7.35. The normalized spacial score (nSPS) is 27.4. The van der Waals surface area contributed by atoms with Crippen LogP contribution in [-0.4, -0.2) is 68.8 Å². The van der Waals surface area contributed by atoms with Crippen molar-refractivity contribution in [2.75, 3.05) is 33.7 Å². The highest BCUT2D eigenvalue weighted by atomic mass is 32.2. The minimum absolute atomic E-state index is 0.245. The first-order valence-corrected chi connectivity index (χ1v) is 9.75. The minimum atomic E-state index is -4.68. The molecule has 0 aromatic rings. The van der Waals surface area contributed by atoms with Crippen molar-refractivity contribution in [2.45, 2.75) is 38.1 Å². The predicted octanol–water partition coefficient (Wildman–Crippen LogP) is 1.89. The molecule has 2 fully saturated rings. The van der Waals surface area contributed by atoms with Crippen LogP contribution in [0.15, 0.2) is 0 Å². The molecule has 0 aromatic heterocycles. The summed E-state index contributed by atoms with van der Waals surface area (Å²) in [6.45, 7) is 3.56. The Hall–Kier alpha value is -1.03. The molecule has 1 aliphatic heterocycles. The highest BCUT2D eigenvalue weighted by Gasteiger charge is 2.56. The predicted molar refractivity (Wildman–Crippen MR) is 87.4 cm³/mol. The molecule has 0 unspecified atom stereocenters. The lowest BCUT2D eigenvalue weighted by Crippen LogP contribution is -2.45. The molecule has 1 saturated heterocycles. The molecule has 1 heterocycles. The lowest BCUT2D eigenvalue weighted by molar-refractivity contribution is -0.169.